The van der Waals surface area contributed by atoms with E-state index in [9.17, 15) is 9.18 Å². The first-order valence-corrected chi connectivity index (χ1v) is 10.4. The average Bonchev–Trinajstić information content (AvgIpc) is 3.13. The summed E-state index contributed by atoms with van der Waals surface area (Å²) in [5.41, 5.74) is 13.4. The smallest absolute Gasteiger partial charge is 0.407 e. The molecule has 32 heavy (non-hydrogen) atoms. The number of hydrogen-bond acceptors (Lipinski definition) is 7. The highest BCUT2D eigenvalue weighted by Crippen LogP contribution is 2.35. The summed E-state index contributed by atoms with van der Waals surface area (Å²) < 4.78 is 15.7. The number of anilines is 2. The van der Waals surface area contributed by atoms with Gasteiger partial charge in [0.2, 0.25) is 0 Å². The second-order valence-electron chi connectivity index (χ2n) is 6.99. The first-order chi connectivity index (χ1) is 15.3. The molecule has 5 N–H and O–H groups in total. The van der Waals surface area contributed by atoms with E-state index < -0.39 is 6.09 Å². The predicted molar refractivity (Wildman–Crippen MR) is 120 cm³/mol. The maximum absolute atomic E-state index is 14.2. The summed E-state index contributed by atoms with van der Waals surface area (Å²) in [5.74, 6) is 0.131. The molecule has 0 atom stereocenters. The van der Waals surface area contributed by atoms with Gasteiger partial charge < -0.3 is 21.5 Å². The number of fused-ring (bicyclic) bond motifs is 1. The van der Waals surface area contributed by atoms with Crippen LogP contribution in [0.2, 0.25) is 0 Å². The first kappa shape index (κ1) is 21.4. The molecule has 2 aromatic carbocycles. The van der Waals surface area contributed by atoms with Crippen LogP contribution in [0.1, 0.15) is 5.56 Å². The van der Waals surface area contributed by atoms with Gasteiger partial charge in [-0.05, 0) is 24.6 Å². The van der Waals surface area contributed by atoms with Crippen LogP contribution in [0.4, 0.5) is 20.8 Å². The molecule has 0 fully saturated rings. The fourth-order valence-electron chi connectivity index (χ4n) is 3.13. The summed E-state index contributed by atoms with van der Waals surface area (Å²) in [6.07, 6.45) is -0.780. The first-order valence-electron chi connectivity index (χ1n) is 9.61. The molecule has 9 nitrogen and oxygen atoms in total. The maximum atomic E-state index is 14.2. The molecule has 2 aromatic heterocycles. The largest absolute Gasteiger partial charge is 0.465 e. The van der Waals surface area contributed by atoms with Crippen molar-refractivity contribution in [2.24, 2.45) is 0 Å². The Balaban J connectivity index is 1.72. The minimum absolute atomic E-state index is 0.147. The number of benzene rings is 2. The summed E-state index contributed by atoms with van der Waals surface area (Å²) in [5, 5.41) is 15.0. The third kappa shape index (κ3) is 4.14. The molecule has 4 aromatic rings. The van der Waals surface area contributed by atoms with Crippen LogP contribution < -0.4 is 11.5 Å². The van der Waals surface area contributed by atoms with Crippen molar-refractivity contribution in [1.82, 2.24) is 24.6 Å². The second kappa shape index (κ2) is 8.71. The molecule has 0 aliphatic rings. The van der Waals surface area contributed by atoms with Crippen molar-refractivity contribution in [2.75, 3.05) is 25.1 Å². The zero-order valence-electron chi connectivity index (χ0n) is 17.1. The van der Waals surface area contributed by atoms with E-state index in [1.54, 1.807) is 18.2 Å². The van der Waals surface area contributed by atoms with Crippen molar-refractivity contribution in [3.05, 3.63) is 59.9 Å². The van der Waals surface area contributed by atoms with E-state index in [1.165, 1.54) is 29.6 Å². The Bertz CT molecular complexity index is 1290. The van der Waals surface area contributed by atoms with Crippen LogP contribution in [0, 0.1) is 5.82 Å². The molecular formula is C21H20FN7O2S. The van der Waals surface area contributed by atoms with Crippen LogP contribution >= 0.6 is 11.8 Å². The van der Waals surface area contributed by atoms with Gasteiger partial charge in [-0.3, -0.25) is 0 Å². The number of nitrogens with zero attached hydrogens (tertiary/aromatic N) is 5. The van der Waals surface area contributed by atoms with E-state index in [0.717, 1.165) is 10.3 Å². The SMILES string of the molecule is CN(CCc1c(N)nc(-n2nc(Sc3ccccc3F)c3ccccc32)nc1N)C(=O)O. The van der Waals surface area contributed by atoms with Crippen LogP contribution in [0.25, 0.3) is 16.9 Å². The van der Waals surface area contributed by atoms with Gasteiger partial charge in [-0.25, -0.2) is 9.18 Å². The molecule has 0 bridgehead atoms. The number of likely N-dealkylation sites (N-methyl/N-ethyl adjacent to an activating group) is 1. The fourth-order valence-corrected chi connectivity index (χ4v) is 4.06. The van der Waals surface area contributed by atoms with Gasteiger partial charge in [-0.1, -0.05) is 42.1 Å². The maximum Gasteiger partial charge on any atom is 0.407 e. The Kier molecular flexibility index (Phi) is 5.82. The third-order valence-electron chi connectivity index (χ3n) is 4.87. The van der Waals surface area contributed by atoms with Crippen LogP contribution in [0.15, 0.2) is 58.5 Å². The highest BCUT2D eigenvalue weighted by Gasteiger charge is 2.19. The third-order valence-corrected chi connectivity index (χ3v) is 5.92. The van der Waals surface area contributed by atoms with Crippen LogP contribution in [-0.2, 0) is 6.42 Å². The van der Waals surface area contributed by atoms with Gasteiger partial charge in [0.15, 0.2) is 0 Å². The predicted octanol–water partition coefficient (Wildman–Crippen LogP) is 3.42. The molecule has 0 unspecified atom stereocenters. The lowest BCUT2D eigenvalue weighted by Gasteiger charge is -2.15. The van der Waals surface area contributed by atoms with Crippen LogP contribution in [-0.4, -0.2) is 49.4 Å². The van der Waals surface area contributed by atoms with Crippen molar-refractivity contribution < 1.29 is 14.3 Å². The molecule has 0 aliphatic heterocycles. The highest BCUT2D eigenvalue weighted by molar-refractivity contribution is 7.99. The Morgan fingerprint density at radius 1 is 1.12 bits per heavy atom. The molecule has 1 amide bonds. The number of aromatic nitrogens is 4. The number of nitrogen functional groups attached to an aromatic ring is 2. The Labute approximate surface area is 186 Å². The second-order valence-corrected chi connectivity index (χ2v) is 8.02. The molecule has 0 saturated heterocycles. The number of halogens is 1. The van der Waals surface area contributed by atoms with Crippen molar-refractivity contribution >= 4 is 40.4 Å². The molecule has 0 saturated carbocycles. The summed E-state index contributed by atoms with van der Waals surface area (Å²) in [6, 6.07) is 13.9. The topological polar surface area (TPSA) is 136 Å². The normalized spacial score (nSPS) is 11.1. The number of para-hydroxylation sites is 1. The minimum Gasteiger partial charge on any atom is -0.465 e. The Morgan fingerprint density at radius 2 is 1.78 bits per heavy atom. The van der Waals surface area contributed by atoms with Crippen molar-refractivity contribution in [2.45, 2.75) is 16.3 Å². The molecular weight excluding hydrogens is 433 g/mol. The Morgan fingerprint density at radius 3 is 2.47 bits per heavy atom. The zero-order chi connectivity index (χ0) is 22.8. The molecule has 0 spiro atoms. The quantitative estimate of drug-likeness (QED) is 0.404. The van der Waals surface area contributed by atoms with Gasteiger partial charge in [0.25, 0.3) is 5.95 Å². The zero-order valence-corrected chi connectivity index (χ0v) is 17.9. The molecule has 0 aliphatic carbocycles. The van der Waals surface area contributed by atoms with Crippen LogP contribution in [0.3, 0.4) is 0 Å². The highest BCUT2D eigenvalue weighted by atomic mass is 32.2. The van der Waals surface area contributed by atoms with Crippen LogP contribution in [0.5, 0.6) is 0 Å². The number of amides is 1. The van der Waals surface area contributed by atoms with Crippen molar-refractivity contribution in [3.63, 3.8) is 0 Å². The lowest BCUT2D eigenvalue weighted by molar-refractivity contribution is 0.156. The van der Waals surface area contributed by atoms with Gasteiger partial charge in [-0.15, -0.1) is 0 Å². The van der Waals surface area contributed by atoms with Gasteiger partial charge in [0.1, 0.15) is 22.5 Å². The van der Waals surface area contributed by atoms with Gasteiger partial charge in [0, 0.05) is 29.4 Å². The number of nitrogens with two attached hydrogens (primary N) is 2. The summed E-state index contributed by atoms with van der Waals surface area (Å²) in [6.45, 7) is 0.195. The number of rotatable bonds is 6. The fraction of sp³-hybridized carbons (Fsp3) is 0.143. The van der Waals surface area contributed by atoms with E-state index in [2.05, 4.69) is 15.1 Å². The standard InChI is InChI=1S/C21H20FN7O2S/c1-28(21(30)31)11-10-13-17(23)25-20(26-18(13)24)29-15-8-4-2-6-12(15)19(27-29)32-16-9-5-3-7-14(16)22/h2-9H,10-11H2,1H3,(H,30,31)(H4,23,24,25,26). The number of carboxylic acid groups (broad SMARTS) is 1. The summed E-state index contributed by atoms with van der Waals surface area (Å²) >= 11 is 1.20. The molecule has 11 heteroatoms. The van der Waals surface area contributed by atoms with Crippen molar-refractivity contribution in [3.8, 4) is 5.95 Å². The van der Waals surface area contributed by atoms with Gasteiger partial charge in [-0.2, -0.15) is 19.7 Å². The van der Waals surface area contributed by atoms with Crippen molar-refractivity contribution in [1.29, 1.82) is 0 Å². The molecule has 2 heterocycles. The molecule has 164 valence electrons. The van der Waals surface area contributed by atoms with E-state index in [4.69, 9.17) is 16.6 Å². The molecule has 4 rings (SSSR count). The van der Waals surface area contributed by atoms with E-state index in [-0.39, 0.29) is 36.4 Å². The van der Waals surface area contributed by atoms with Gasteiger partial charge in [0.05, 0.1) is 5.52 Å². The number of carbonyl (C=O) groups is 1. The van der Waals surface area contributed by atoms with E-state index in [0.29, 0.717) is 21.0 Å². The summed E-state index contributed by atoms with van der Waals surface area (Å²) in [4.78, 5) is 21.3. The summed E-state index contributed by atoms with van der Waals surface area (Å²) in [7, 11) is 1.45. The Hall–Kier alpha value is -3.86. The monoisotopic (exact) mass is 453 g/mol. The van der Waals surface area contributed by atoms with E-state index >= 15 is 0 Å². The lowest BCUT2D eigenvalue weighted by atomic mass is 10.2. The minimum atomic E-state index is -1.05. The lowest BCUT2D eigenvalue weighted by Crippen LogP contribution is -2.27. The van der Waals surface area contributed by atoms with Gasteiger partial charge >= 0.3 is 6.09 Å². The van der Waals surface area contributed by atoms with E-state index in [1.807, 2.05) is 24.3 Å². The number of hydrogen-bond donors (Lipinski definition) is 3. The average molecular weight is 454 g/mol. The molecule has 0 radical (unpaired) electrons.